The molecule has 0 saturated carbocycles. The lowest BCUT2D eigenvalue weighted by Gasteiger charge is -2.28. The quantitative estimate of drug-likeness (QED) is 0.907. The molecule has 1 aliphatic rings. The minimum Gasteiger partial charge on any atom is -0.478 e. The van der Waals surface area contributed by atoms with Crippen LogP contribution in [0.4, 0.5) is 0 Å². The van der Waals surface area contributed by atoms with Gasteiger partial charge in [-0.25, -0.2) is 4.79 Å². The largest absolute Gasteiger partial charge is 0.478 e. The molecule has 1 N–H and O–H groups in total. The van der Waals surface area contributed by atoms with Gasteiger partial charge in [-0.2, -0.15) is 5.26 Å². The number of carbonyl (C=O) groups is 1. The molecule has 0 amide bonds. The van der Waals surface area contributed by atoms with Crippen molar-refractivity contribution >= 4 is 22.7 Å². The average Bonchev–Trinajstić information content (AvgIpc) is 2.53. The van der Waals surface area contributed by atoms with Gasteiger partial charge in [0.2, 0.25) is 0 Å². The summed E-state index contributed by atoms with van der Waals surface area (Å²) in [4.78, 5) is 28.3. The summed E-state index contributed by atoms with van der Waals surface area (Å²) < 4.78 is 5.75. The van der Waals surface area contributed by atoms with Crippen LogP contribution in [-0.4, -0.2) is 16.8 Å². The molecule has 1 aliphatic heterocycles. The van der Waals surface area contributed by atoms with E-state index in [1.165, 1.54) is 6.07 Å². The Kier molecular flexibility index (Phi) is 4.01. The second kappa shape index (κ2) is 6.02. The highest BCUT2D eigenvalue weighted by Gasteiger charge is 2.38. The number of allylic oxidation sites excluding steroid dienone is 1. The Hall–Kier alpha value is -3.20. The maximum atomic E-state index is 12.3. The van der Waals surface area contributed by atoms with Crippen LogP contribution in [-0.2, 0) is 4.79 Å². The Morgan fingerprint density at radius 3 is 2.68 bits per heavy atom. The molecule has 126 valence electrons. The summed E-state index contributed by atoms with van der Waals surface area (Å²) in [7, 11) is 0. The van der Waals surface area contributed by atoms with Gasteiger partial charge < -0.3 is 9.52 Å². The first-order valence-electron chi connectivity index (χ1n) is 7.77. The van der Waals surface area contributed by atoms with Crippen LogP contribution in [0.5, 0.6) is 0 Å². The predicted molar refractivity (Wildman–Crippen MR) is 92.5 cm³/mol. The number of aryl methyl sites for hydroxylation is 1. The summed E-state index contributed by atoms with van der Waals surface area (Å²) >= 11 is 0. The van der Waals surface area contributed by atoms with Crippen molar-refractivity contribution in [1.82, 2.24) is 0 Å². The lowest BCUT2D eigenvalue weighted by molar-refractivity contribution is -0.133. The fourth-order valence-corrected chi connectivity index (χ4v) is 3.38. The van der Waals surface area contributed by atoms with Crippen LogP contribution < -0.4 is 5.43 Å². The Labute approximate surface area is 143 Å². The van der Waals surface area contributed by atoms with Gasteiger partial charge in [-0.3, -0.25) is 9.79 Å². The Balaban J connectivity index is 2.39. The average molecular weight is 336 g/mol. The normalized spacial score (nSPS) is 20.3. The highest BCUT2D eigenvalue weighted by atomic mass is 16.4. The zero-order valence-electron chi connectivity index (χ0n) is 14.0. The molecule has 0 spiro atoms. The van der Waals surface area contributed by atoms with Crippen LogP contribution in [0.2, 0.25) is 0 Å². The third-order valence-electron chi connectivity index (χ3n) is 4.44. The lowest BCUT2D eigenvalue weighted by Crippen LogP contribution is -2.28. The van der Waals surface area contributed by atoms with E-state index in [0.29, 0.717) is 33.7 Å². The molecule has 6 heteroatoms. The Morgan fingerprint density at radius 1 is 1.32 bits per heavy atom. The number of nitriles is 1. The zero-order chi connectivity index (χ0) is 18.3. The molecule has 3 rings (SSSR count). The lowest BCUT2D eigenvalue weighted by atomic mass is 9.76. The number of rotatable bonds is 2. The molecule has 0 fully saturated rings. The van der Waals surface area contributed by atoms with E-state index < -0.39 is 17.8 Å². The van der Waals surface area contributed by atoms with Gasteiger partial charge in [-0.05, 0) is 26.8 Å². The highest BCUT2D eigenvalue weighted by Crippen LogP contribution is 2.41. The molecule has 6 nitrogen and oxygen atoms in total. The number of benzene rings is 1. The molecule has 2 aromatic rings. The number of fused-ring (bicyclic) bond motifs is 1. The number of aliphatic imine (C=N–C) groups is 1. The van der Waals surface area contributed by atoms with E-state index in [-0.39, 0.29) is 11.0 Å². The molecule has 1 aromatic heterocycles. The van der Waals surface area contributed by atoms with Crippen LogP contribution in [0, 0.1) is 24.2 Å². The summed E-state index contributed by atoms with van der Waals surface area (Å²) in [5, 5.41) is 19.7. The molecule has 0 radical (unpaired) electrons. The topological polar surface area (TPSA) is 104 Å². The molecule has 25 heavy (non-hydrogen) atoms. The summed E-state index contributed by atoms with van der Waals surface area (Å²) in [6.07, 6.45) is 0. The molecule has 0 bridgehead atoms. The van der Waals surface area contributed by atoms with Crippen molar-refractivity contribution in [1.29, 1.82) is 5.26 Å². The number of hydrogen-bond acceptors (Lipinski definition) is 5. The van der Waals surface area contributed by atoms with Gasteiger partial charge in [0.1, 0.15) is 11.3 Å². The minimum atomic E-state index is -1.13. The highest BCUT2D eigenvalue weighted by molar-refractivity contribution is 5.99. The molecule has 1 aromatic carbocycles. The molecule has 2 unspecified atom stereocenters. The van der Waals surface area contributed by atoms with E-state index in [1.54, 1.807) is 39.0 Å². The Bertz CT molecular complexity index is 1050. The predicted octanol–water partition coefficient (Wildman–Crippen LogP) is 3.16. The zero-order valence-corrected chi connectivity index (χ0v) is 14.0. The SMILES string of the molecule is CC1=NC(C)=C(C(=O)O)C(c2cccc3c(=O)cc(C)oc23)C1C#N. The summed E-state index contributed by atoms with van der Waals surface area (Å²) in [6, 6.07) is 8.55. The molecule has 0 saturated heterocycles. The molecule has 2 atom stereocenters. The van der Waals surface area contributed by atoms with Gasteiger partial charge >= 0.3 is 5.97 Å². The van der Waals surface area contributed by atoms with E-state index in [0.717, 1.165) is 0 Å². The van der Waals surface area contributed by atoms with E-state index >= 15 is 0 Å². The van der Waals surface area contributed by atoms with Crippen molar-refractivity contribution in [2.75, 3.05) is 0 Å². The van der Waals surface area contributed by atoms with Crippen LogP contribution in [0.25, 0.3) is 11.0 Å². The van der Waals surface area contributed by atoms with Crippen molar-refractivity contribution in [3.63, 3.8) is 0 Å². The fourth-order valence-electron chi connectivity index (χ4n) is 3.38. The monoisotopic (exact) mass is 336 g/mol. The van der Waals surface area contributed by atoms with Crippen LogP contribution >= 0.6 is 0 Å². The fraction of sp³-hybridized carbons (Fsp3) is 0.263. The van der Waals surface area contributed by atoms with E-state index in [1.807, 2.05) is 0 Å². The standard InChI is InChI=1S/C19H16N2O4/c1-9-7-15(22)12-5-4-6-13(18(12)25-9)17-14(8-20)10(2)21-11(3)16(17)19(23)24/h4-7,14,17H,1-3H3,(H,23,24). The third kappa shape index (κ3) is 2.64. The van der Waals surface area contributed by atoms with Crippen molar-refractivity contribution in [2.24, 2.45) is 10.9 Å². The summed E-state index contributed by atoms with van der Waals surface area (Å²) in [5.74, 6) is -2.21. The van der Waals surface area contributed by atoms with Gasteiger partial charge in [-0.1, -0.05) is 12.1 Å². The van der Waals surface area contributed by atoms with E-state index in [9.17, 15) is 20.0 Å². The van der Waals surface area contributed by atoms with Gasteiger partial charge in [0.15, 0.2) is 5.43 Å². The van der Waals surface area contributed by atoms with Gasteiger partial charge in [0.25, 0.3) is 0 Å². The second-order valence-electron chi connectivity index (χ2n) is 6.09. The molecular formula is C19H16N2O4. The smallest absolute Gasteiger partial charge is 0.334 e. The first-order valence-corrected chi connectivity index (χ1v) is 7.77. The second-order valence-corrected chi connectivity index (χ2v) is 6.09. The number of carboxylic acids is 1. The van der Waals surface area contributed by atoms with Crippen LogP contribution in [0.1, 0.15) is 31.1 Å². The summed E-state index contributed by atoms with van der Waals surface area (Å²) in [6.45, 7) is 4.97. The number of nitrogens with zero attached hydrogens (tertiary/aromatic N) is 2. The number of carboxylic acid groups (broad SMARTS) is 1. The Morgan fingerprint density at radius 2 is 2.04 bits per heavy atom. The third-order valence-corrected chi connectivity index (χ3v) is 4.44. The van der Waals surface area contributed by atoms with Gasteiger partial charge in [0, 0.05) is 29.0 Å². The van der Waals surface area contributed by atoms with Crippen molar-refractivity contribution < 1.29 is 14.3 Å². The van der Waals surface area contributed by atoms with Crippen molar-refractivity contribution in [3.8, 4) is 6.07 Å². The molecule has 2 heterocycles. The maximum Gasteiger partial charge on any atom is 0.334 e. The van der Waals surface area contributed by atoms with Crippen molar-refractivity contribution in [3.05, 3.63) is 57.1 Å². The first-order chi connectivity index (χ1) is 11.8. The van der Waals surface area contributed by atoms with Gasteiger partial charge in [-0.15, -0.1) is 0 Å². The first kappa shape index (κ1) is 16.7. The van der Waals surface area contributed by atoms with Crippen molar-refractivity contribution in [2.45, 2.75) is 26.7 Å². The van der Waals surface area contributed by atoms with E-state index in [4.69, 9.17) is 4.42 Å². The molecule has 0 aliphatic carbocycles. The van der Waals surface area contributed by atoms with E-state index in [2.05, 4.69) is 11.1 Å². The minimum absolute atomic E-state index is 0.0498. The number of aliphatic carboxylic acids is 1. The van der Waals surface area contributed by atoms with Gasteiger partial charge in [0.05, 0.1) is 22.9 Å². The summed E-state index contributed by atoms with van der Waals surface area (Å²) in [5.41, 5.74) is 1.58. The maximum absolute atomic E-state index is 12.3. The number of para-hydroxylation sites is 1. The van der Waals surface area contributed by atoms with Crippen LogP contribution in [0.15, 0.2) is 49.7 Å². The molecular weight excluding hydrogens is 320 g/mol. The van der Waals surface area contributed by atoms with Crippen LogP contribution in [0.3, 0.4) is 0 Å². The number of hydrogen-bond donors (Lipinski definition) is 1.